The lowest BCUT2D eigenvalue weighted by Crippen LogP contribution is -2.32. The van der Waals surface area contributed by atoms with Gasteiger partial charge in [0.25, 0.3) is 5.56 Å². The predicted molar refractivity (Wildman–Crippen MR) is 128 cm³/mol. The molecule has 2 aromatic heterocycles. The second-order valence-electron chi connectivity index (χ2n) is 7.18. The number of benzene rings is 1. The van der Waals surface area contributed by atoms with E-state index in [9.17, 15) is 19.6 Å². The smallest absolute Gasteiger partial charge is 0.340 e. The van der Waals surface area contributed by atoms with E-state index >= 15 is 0 Å². The number of aromatic amines is 1. The van der Waals surface area contributed by atoms with Crippen LogP contribution in [0.25, 0.3) is 11.6 Å². The van der Waals surface area contributed by atoms with Crippen molar-refractivity contribution in [2.45, 2.75) is 34.2 Å². The number of hydrogen-bond donors (Lipinski definition) is 1. The summed E-state index contributed by atoms with van der Waals surface area (Å²) in [5, 5.41) is 10.4. The fraction of sp³-hybridized carbons (Fsp3) is 0.250. The van der Waals surface area contributed by atoms with Crippen molar-refractivity contribution in [2.24, 2.45) is 0 Å². The summed E-state index contributed by atoms with van der Waals surface area (Å²) >= 11 is 7.00. The molecule has 0 fully saturated rings. The molecule has 0 bridgehead atoms. The van der Waals surface area contributed by atoms with Crippen molar-refractivity contribution >= 4 is 46.3 Å². The summed E-state index contributed by atoms with van der Waals surface area (Å²) in [4.78, 5) is 41.5. The summed E-state index contributed by atoms with van der Waals surface area (Å²) in [6, 6.07) is 8.95. The van der Waals surface area contributed by atoms with Gasteiger partial charge in [-0.1, -0.05) is 23.7 Å². The Kier molecular flexibility index (Phi) is 7.36. The van der Waals surface area contributed by atoms with Gasteiger partial charge in [0.05, 0.1) is 22.4 Å². The van der Waals surface area contributed by atoms with Gasteiger partial charge in [-0.2, -0.15) is 5.26 Å². The molecule has 9 heteroatoms. The quantitative estimate of drug-likeness (QED) is 0.428. The molecule has 0 aliphatic heterocycles. The Labute approximate surface area is 199 Å². The number of thiazole rings is 1. The molecule has 3 rings (SSSR count). The number of aryl methyl sites for hydroxylation is 1. The normalized spacial score (nSPS) is 12.4. The molecule has 0 amide bonds. The largest absolute Gasteiger partial charge is 0.462 e. The first-order valence-corrected chi connectivity index (χ1v) is 11.4. The molecule has 0 saturated carbocycles. The zero-order valence-corrected chi connectivity index (χ0v) is 20.2. The summed E-state index contributed by atoms with van der Waals surface area (Å²) in [7, 11) is 0. The monoisotopic (exact) mass is 483 g/mol. The van der Waals surface area contributed by atoms with Gasteiger partial charge in [-0.3, -0.25) is 14.2 Å². The number of carbonyl (C=O) groups excluding carboxylic acids is 2. The van der Waals surface area contributed by atoms with Gasteiger partial charge in [0, 0.05) is 17.3 Å². The van der Waals surface area contributed by atoms with E-state index in [-0.39, 0.29) is 40.2 Å². The number of ketones is 1. The summed E-state index contributed by atoms with van der Waals surface area (Å²) < 4.78 is 7.13. The van der Waals surface area contributed by atoms with E-state index in [0.717, 1.165) is 16.9 Å². The van der Waals surface area contributed by atoms with Gasteiger partial charge in [0.1, 0.15) is 16.3 Å². The Morgan fingerprint density at radius 1 is 1.24 bits per heavy atom. The molecular formula is C24H22ClN3O4S. The number of nitrogens with zero attached hydrogens (tertiary/aromatic N) is 2. The highest BCUT2D eigenvalue weighted by Gasteiger charge is 2.26. The van der Waals surface area contributed by atoms with Crippen molar-refractivity contribution in [3.05, 3.63) is 76.9 Å². The molecule has 0 aliphatic rings. The number of hydrogen-bond acceptors (Lipinski definition) is 6. The maximum absolute atomic E-state index is 13.4. The zero-order valence-electron chi connectivity index (χ0n) is 18.6. The molecule has 33 heavy (non-hydrogen) atoms. The third kappa shape index (κ3) is 4.70. The number of H-pyrrole nitrogens is 1. The molecule has 0 aliphatic carbocycles. The minimum atomic E-state index is -0.588. The Morgan fingerprint density at radius 2 is 1.91 bits per heavy atom. The third-order valence-corrected chi connectivity index (χ3v) is 6.47. The minimum Gasteiger partial charge on any atom is -0.462 e. The van der Waals surface area contributed by atoms with E-state index < -0.39 is 11.8 Å². The van der Waals surface area contributed by atoms with Crippen molar-refractivity contribution in [2.75, 3.05) is 6.61 Å². The minimum absolute atomic E-state index is 0.124. The van der Waals surface area contributed by atoms with Crippen molar-refractivity contribution < 1.29 is 14.3 Å². The molecule has 0 unspecified atom stereocenters. The van der Waals surface area contributed by atoms with E-state index in [1.54, 1.807) is 58.0 Å². The molecule has 0 radical (unpaired) electrons. The fourth-order valence-electron chi connectivity index (χ4n) is 3.51. The van der Waals surface area contributed by atoms with E-state index in [0.29, 0.717) is 20.8 Å². The van der Waals surface area contributed by atoms with Gasteiger partial charge in [0.2, 0.25) is 5.78 Å². The summed E-state index contributed by atoms with van der Waals surface area (Å²) in [5.41, 5.74) is 1.58. The Bertz CT molecular complexity index is 1450. The highest BCUT2D eigenvalue weighted by Crippen LogP contribution is 2.21. The Hall–Kier alpha value is -3.41. The fourth-order valence-corrected chi connectivity index (χ4v) is 4.80. The number of aromatic nitrogens is 2. The predicted octanol–water partition coefficient (Wildman–Crippen LogP) is 3.09. The molecule has 170 valence electrons. The van der Waals surface area contributed by atoms with E-state index in [1.165, 1.54) is 4.57 Å². The van der Waals surface area contributed by atoms with Gasteiger partial charge in [-0.05, 0) is 57.0 Å². The molecule has 0 atom stereocenters. The van der Waals surface area contributed by atoms with Crippen molar-refractivity contribution in [1.29, 1.82) is 5.26 Å². The topological polar surface area (TPSA) is 105 Å². The summed E-state index contributed by atoms with van der Waals surface area (Å²) in [5.74, 6) is -1.13. The number of ether oxygens (including phenoxy) is 1. The van der Waals surface area contributed by atoms with E-state index in [2.05, 4.69) is 4.98 Å². The highest BCUT2D eigenvalue weighted by molar-refractivity contribution is 7.07. The number of nitrogens with one attached hydrogen (secondary N) is 1. The van der Waals surface area contributed by atoms with Crippen LogP contribution in [0, 0.1) is 25.2 Å². The Balaban J connectivity index is 2.22. The molecule has 1 N–H and O–H groups in total. The van der Waals surface area contributed by atoms with Crippen LogP contribution in [0.2, 0.25) is 5.02 Å². The maximum Gasteiger partial charge on any atom is 0.340 e. The van der Waals surface area contributed by atoms with Gasteiger partial charge < -0.3 is 9.72 Å². The summed E-state index contributed by atoms with van der Waals surface area (Å²) in [6.07, 6.45) is 1.70. The first-order chi connectivity index (χ1) is 15.7. The average Bonchev–Trinajstić information content (AvgIpc) is 3.25. The molecule has 1 aromatic carbocycles. The first-order valence-electron chi connectivity index (χ1n) is 10.3. The van der Waals surface area contributed by atoms with Crippen molar-refractivity contribution in [3.8, 4) is 6.07 Å². The van der Waals surface area contributed by atoms with Crippen LogP contribution in [0.4, 0.5) is 0 Å². The van der Waals surface area contributed by atoms with E-state index in [4.69, 9.17) is 16.3 Å². The highest BCUT2D eigenvalue weighted by atomic mass is 35.5. The second-order valence-corrected chi connectivity index (χ2v) is 8.65. The second kappa shape index (κ2) is 10.0. The lowest BCUT2D eigenvalue weighted by molar-refractivity contribution is 0.0525. The number of halogens is 1. The van der Waals surface area contributed by atoms with Crippen LogP contribution in [0.1, 0.15) is 51.5 Å². The van der Waals surface area contributed by atoms with Crippen molar-refractivity contribution in [3.63, 3.8) is 0 Å². The lowest BCUT2D eigenvalue weighted by Gasteiger charge is -2.03. The van der Waals surface area contributed by atoms with Gasteiger partial charge in [0.15, 0.2) is 0 Å². The van der Waals surface area contributed by atoms with Crippen molar-refractivity contribution in [1.82, 2.24) is 9.55 Å². The van der Waals surface area contributed by atoms with E-state index in [1.807, 2.05) is 6.07 Å². The Morgan fingerprint density at radius 3 is 2.48 bits per heavy atom. The first kappa shape index (κ1) is 24.2. The van der Waals surface area contributed by atoms with Crippen LogP contribution in [-0.4, -0.2) is 27.9 Å². The number of esters is 1. The molecule has 0 saturated heterocycles. The van der Waals surface area contributed by atoms with Gasteiger partial charge in [-0.25, -0.2) is 4.79 Å². The number of rotatable bonds is 6. The molecule has 3 aromatic rings. The van der Waals surface area contributed by atoms with Crippen LogP contribution in [0.5, 0.6) is 0 Å². The summed E-state index contributed by atoms with van der Waals surface area (Å²) in [6.45, 7) is 7.24. The standard InChI is InChI=1S/C24H22ClN3O4S/c1-5-28-22(30)18(11-15-7-9-16(25)10-8-15)33-23(28)17(12-26)21(29)20-13(3)19(14(4)27-20)24(31)32-6-2/h7-11,27H,5-6H2,1-4H3/b18-11-,23-17+. The van der Waals surface area contributed by atoms with Gasteiger partial charge >= 0.3 is 5.97 Å². The SMILES string of the molecule is CCOC(=O)c1c(C)[nH]c(C(=O)/C(C#N)=c2/s/c(=C\c3ccc(Cl)cc3)c(=O)n2CC)c1C. The van der Waals surface area contributed by atoms with Crippen LogP contribution >= 0.6 is 22.9 Å². The van der Waals surface area contributed by atoms with Crippen LogP contribution in [-0.2, 0) is 11.3 Å². The van der Waals surface area contributed by atoms with Gasteiger partial charge in [-0.15, -0.1) is 11.3 Å². The van der Waals surface area contributed by atoms with Crippen LogP contribution in [0.15, 0.2) is 29.1 Å². The number of Topliss-reactive ketones (excluding diaryl/α,β-unsaturated/α-hetero) is 1. The number of nitriles is 1. The molecule has 7 nitrogen and oxygen atoms in total. The van der Waals surface area contributed by atoms with Crippen LogP contribution in [0.3, 0.4) is 0 Å². The molecule has 0 spiro atoms. The molecular weight excluding hydrogens is 462 g/mol. The zero-order chi connectivity index (χ0) is 24.3. The number of carbonyl (C=O) groups is 2. The lowest BCUT2D eigenvalue weighted by atomic mass is 10.0. The maximum atomic E-state index is 13.4. The van der Waals surface area contributed by atoms with Crippen LogP contribution < -0.4 is 14.8 Å². The average molecular weight is 484 g/mol. The third-order valence-electron chi connectivity index (χ3n) is 5.09. The molecule has 2 heterocycles.